The summed E-state index contributed by atoms with van der Waals surface area (Å²) in [7, 11) is 0. The Hall–Kier alpha value is -1.60. The van der Waals surface area contributed by atoms with E-state index in [1.54, 1.807) is 12.3 Å². The van der Waals surface area contributed by atoms with Gasteiger partial charge in [0.15, 0.2) is 0 Å². The first-order valence-electron chi connectivity index (χ1n) is 6.60. The maximum atomic E-state index is 8.68. The third-order valence-corrected chi connectivity index (χ3v) is 3.50. The highest BCUT2D eigenvalue weighted by Gasteiger charge is 2.14. The van der Waals surface area contributed by atoms with E-state index in [0.717, 1.165) is 24.8 Å². The third-order valence-electron chi connectivity index (χ3n) is 3.50. The molecule has 0 radical (unpaired) electrons. The summed E-state index contributed by atoms with van der Waals surface area (Å²) in [6, 6.07) is 5.72. The lowest BCUT2D eigenvalue weighted by atomic mass is 9.99. The molecule has 2 heterocycles. The van der Waals surface area contributed by atoms with Crippen LogP contribution in [0.2, 0.25) is 0 Å². The number of nitriles is 1. The lowest BCUT2D eigenvalue weighted by Gasteiger charge is -2.30. The van der Waals surface area contributed by atoms with Crippen LogP contribution < -0.4 is 5.32 Å². The van der Waals surface area contributed by atoms with Crippen molar-refractivity contribution >= 4 is 5.82 Å². The molecule has 1 N–H and O–H groups in total. The summed E-state index contributed by atoms with van der Waals surface area (Å²) in [6.45, 7) is 6.73. The van der Waals surface area contributed by atoms with Crippen LogP contribution in [0.1, 0.15) is 25.3 Å². The topological polar surface area (TPSA) is 52.0 Å². The molecule has 0 atom stereocenters. The Morgan fingerprint density at radius 2 is 2.22 bits per heavy atom. The summed E-state index contributed by atoms with van der Waals surface area (Å²) < 4.78 is 0. The van der Waals surface area contributed by atoms with E-state index in [-0.39, 0.29) is 0 Å². The molecule has 0 amide bonds. The molecule has 0 aromatic carbocycles. The maximum Gasteiger partial charge on any atom is 0.126 e. The standard InChI is InChI=1S/C14H20N4/c1-12-4-7-18(8-5-12)9-6-16-14-3-2-13(10-15)11-17-14/h2-3,11-12H,4-9H2,1H3,(H,16,17). The van der Waals surface area contributed by atoms with Crippen molar-refractivity contribution in [1.29, 1.82) is 5.26 Å². The number of hydrogen-bond acceptors (Lipinski definition) is 4. The van der Waals surface area contributed by atoms with E-state index in [9.17, 15) is 0 Å². The van der Waals surface area contributed by atoms with Crippen molar-refractivity contribution < 1.29 is 0 Å². The maximum absolute atomic E-state index is 8.68. The fourth-order valence-electron chi connectivity index (χ4n) is 2.19. The Morgan fingerprint density at radius 1 is 1.44 bits per heavy atom. The molecule has 1 fully saturated rings. The van der Waals surface area contributed by atoms with E-state index in [1.165, 1.54) is 25.9 Å². The van der Waals surface area contributed by atoms with Gasteiger partial charge in [-0.15, -0.1) is 0 Å². The van der Waals surface area contributed by atoms with Gasteiger partial charge in [-0.1, -0.05) is 6.92 Å². The smallest absolute Gasteiger partial charge is 0.126 e. The van der Waals surface area contributed by atoms with Crippen molar-refractivity contribution in [2.75, 3.05) is 31.5 Å². The van der Waals surface area contributed by atoms with Crippen LogP contribution in [0.25, 0.3) is 0 Å². The molecule has 96 valence electrons. The summed E-state index contributed by atoms with van der Waals surface area (Å²) in [5.41, 5.74) is 0.602. The minimum atomic E-state index is 0.602. The van der Waals surface area contributed by atoms with Gasteiger partial charge in [0.25, 0.3) is 0 Å². The van der Waals surface area contributed by atoms with Gasteiger partial charge in [0, 0.05) is 19.3 Å². The zero-order valence-corrected chi connectivity index (χ0v) is 10.9. The van der Waals surface area contributed by atoms with Crippen molar-refractivity contribution in [2.24, 2.45) is 5.92 Å². The van der Waals surface area contributed by atoms with Crippen molar-refractivity contribution in [3.8, 4) is 6.07 Å². The second-order valence-corrected chi connectivity index (χ2v) is 4.99. The Labute approximate surface area is 109 Å². The highest BCUT2D eigenvalue weighted by Crippen LogP contribution is 2.15. The molecule has 0 bridgehead atoms. The largest absolute Gasteiger partial charge is 0.369 e. The normalized spacial score (nSPS) is 17.3. The van der Waals surface area contributed by atoms with Crippen molar-refractivity contribution in [3.05, 3.63) is 23.9 Å². The average molecular weight is 244 g/mol. The predicted octanol–water partition coefficient (Wildman–Crippen LogP) is 2.10. The number of hydrogen-bond donors (Lipinski definition) is 1. The minimum Gasteiger partial charge on any atom is -0.369 e. The number of aromatic nitrogens is 1. The van der Waals surface area contributed by atoms with Crippen LogP contribution in [0.15, 0.2) is 18.3 Å². The van der Waals surface area contributed by atoms with Crippen LogP contribution in [-0.2, 0) is 0 Å². The number of rotatable bonds is 4. The van der Waals surface area contributed by atoms with Crippen molar-refractivity contribution in [1.82, 2.24) is 9.88 Å². The molecule has 1 saturated heterocycles. The quantitative estimate of drug-likeness (QED) is 0.881. The summed E-state index contributed by atoms with van der Waals surface area (Å²) >= 11 is 0. The molecule has 0 saturated carbocycles. The van der Waals surface area contributed by atoms with Gasteiger partial charge >= 0.3 is 0 Å². The molecule has 1 aromatic rings. The summed E-state index contributed by atoms with van der Waals surface area (Å²) in [5.74, 6) is 1.73. The van der Waals surface area contributed by atoms with Gasteiger partial charge in [0.1, 0.15) is 11.9 Å². The predicted molar refractivity (Wildman–Crippen MR) is 72.3 cm³/mol. The number of piperidine rings is 1. The van der Waals surface area contributed by atoms with Gasteiger partial charge in [-0.3, -0.25) is 0 Å². The molecule has 0 aliphatic carbocycles. The second kappa shape index (κ2) is 6.36. The van der Waals surface area contributed by atoms with Crippen LogP contribution in [0.3, 0.4) is 0 Å². The van der Waals surface area contributed by atoms with Crippen LogP contribution >= 0.6 is 0 Å². The van der Waals surface area contributed by atoms with Gasteiger partial charge in [0.2, 0.25) is 0 Å². The molecule has 4 heteroatoms. The molecule has 1 aliphatic rings. The third kappa shape index (κ3) is 3.71. The van der Waals surface area contributed by atoms with Gasteiger partial charge in [0.05, 0.1) is 5.56 Å². The van der Waals surface area contributed by atoms with Crippen LogP contribution in [0.4, 0.5) is 5.82 Å². The second-order valence-electron chi connectivity index (χ2n) is 4.99. The summed E-state index contributed by atoms with van der Waals surface area (Å²) in [5, 5.41) is 12.0. The number of nitrogens with zero attached hydrogens (tertiary/aromatic N) is 3. The lowest BCUT2D eigenvalue weighted by Crippen LogP contribution is -2.36. The molecule has 1 aromatic heterocycles. The number of pyridine rings is 1. The zero-order valence-electron chi connectivity index (χ0n) is 10.9. The lowest BCUT2D eigenvalue weighted by molar-refractivity contribution is 0.199. The zero-order chi connectivity index (χ0) is 12.8. The Bertz CT molecular complexity index is 399. The van der Waals surface area contributed by atoms with Crippen LogP contribution in [-0.4, -0.2) is 36.1 Å². The molecule has 2 rings (SSSR count). The van der Waals surface area contributed by atoms with Gasteiger partial charge in [-0.25, -0.2) is 4.98 Å². The molecule has 0 spiro atoms. The monoisotopic (exact) mass is 244 g/mol. The van der Waals surface area contributed by atoms with Gasteiger partial charge in [-0.05, 0) is 44.0 Å². The van der Waals surface area contributed by atoms with Gasteiger partial charge in [-0.2, -0.15) is 5.26 Å². The number of nitrogens with one attached hydrogen (secondary N) is 1. The van der Waals surface area contributed by atoms with E-state index >= 15 is 0 Å². The van der Waals surface area contributed by atoms with Crippen LogP contribution in [0, 0.1) is 17.2 Å². The fraction of sp³-hybridized carbons (Fsp3) is 0.571. The Morgan fingerprint density at radius 3 is 2.83 bits per heavy atom. The van der Waals surface area contributed by atoms with Crippen molar-refractivity contribution in [2.45, 2.75) is 19.8 Å². The number of likely N-dealkylation sites (tertiary alicyclic amines) is 1. The van der Waals surface area contributed by atoms with Crippen LogP contribution in [0.5, 0.6) is 0 Å². The van der Waals surface area contributed by atoms with E-state index in [0.29, 0.717) is 5.56 Å². The first-order chi connectivity index (χ1) is 8.78. The first-order valence-corrected chi connectivity index (χ1v) is 6.60. The molecule has 1 aliphatic heterocycles. The molecule has 4 nitrogen and oxygen atoms in total. The highest BCUT2D eigenvalue weighted by atomic mass is 15.1. The van der Waals surface area contributed by atoms with Crippen molar-refractivity contribution in [3.63, 3.8) is 0 Å². The summed E-state index contributed by atoms with van der Waals surface area (Å²) in [6.07, 6.45) is 4.23. The molecule has 18 heavy (non-hydrogen) atoms. The summed E-state index contributed by atoms with van der Waals surface area (Å²) in [4.78, 5) is 6.69. The van der Waals surface area contributed by atoms with E-state index in [2.05, 4.69) is 28.2 Å². The Kier molecular flexibility index (Phi) is 4.54. The molecular weight excluding hydrogens is 224 g/mol. The minimum absolute atomic E-state index is 0.602. The van der Waals surface area contributed by atoms with E-state index < -0.39 is 0 Å². The molecule has 0 unspecified atom stereocenters. The first kappa shape index (κ1) is 12.8. The molecular formula is C14H20N4. The van der Waals surface area contributed by atoms with E-state index in [1.807, 2.05) is 6.07 Å². The SMILES string of the molecule is CC1CCN(CCNc2ccc(C#N)cn2)CC1. The van der Waals surface area contributed by atoms with Gasteiger partial charge < -0.3 is 10.2 Å². The Balaban J connectivity index is 1.70. The highest BCUT2D eigenvalue weighted by molar-refractivity contribution is 5.38. The fourth-order valence-corrected chi connectivity index (χ4v) is 2.19. The number of anilines is 1. The average Bonchev–Trinajstić information content (AvgIpc) is 2.42. The van der Waals surface area contributed by atoms with E-state index in [4.69, 9.17) is 5.26 Å².